The number of aliphatic hydroxyl groups is 2. The van der Waals surface area contributed by atoms with Crippen LogP contribution in [0, 0.1) is 0 Å². The van der Waals surface area contributed by atoms with Gasteiger partial charge in [-0.15, -0.1) is 0 Å². The molecule has 0 aromatic heterocycles. The molecule has 2 aliphatic rings. The Morgan fingerprint density at radius 2 is 2.00 bits per heavy atom. The van der Waals surface area contributed by atoms with Crippen LogP contribution < -0.4 is 0 Å². The molecule has 2 fully saturated rings. The van der Waals surface area contributed by atoms with Crippen LogP contribution in [0.4, 0.5) is 0 Å². The maximum absolute atomic E-state index is 8.98. The van der Waals surface area contributed by atoms with Gasteiger partial charge < -0.3 is 19.7 Å². The summed E-state index contributed by atoms with van der Waals surface area (Å²) in [5, 5.41) is 17.9. The zero-order valence-electron chi connectivity index (χ0n) is 4.73. The second-order valence-corrected chi connectivity index (χ2v) is 2.36. The first-order valence-corrected chi connectivity index (χ1v) is 2.92. The van der Waals surface area contributed by atoms with Gasteiger partial charge in [-0.1, -0.05) is 0 Å². The van der Waals surface area contributed by atoms with Crippen molar-refractivity contribution < 1.29 is 19.7 Å². The lowest BCUT2D eigenvalue weighted by Crippen LogP contribution is -2.36. The molecule has 0 amide bonds. The van der Waals surface area contributed by atoms with Crippen molar-refractivity contribution in [3.05, 3.63) is 0 Å². The molecular weight excluding hydrogens is 124 g/mol. The number of aliphatic hydroxyl groups excluding tert-OH is 2. The minimum Gasteiger partial charge on any atom is -0.388 e. The van der Waals surface area contributed by atoms with Crippen LogP contribution >= 0.6 is 0 Å². The highest BCUT2D eigenvalue weighted by Crippen LogP contribution is 2.32. The van der Waals surface area contributed by atoms with Gasteiger partial charge in [0.25, 0.3) is 0 Å². The molecule has 4 atom stereocenters. The first-order valence-electron chi connectivity index (χ1n) is 2.92. The number of rotatable bonds is 0. The number of fused-ring (bicyclic) bond motifs is 1. The monoisotopic (exact) mass is 132 g/mol. The fourth-order valence-corrected chi connectivity index (χ4v) is 1.06. The Hall–Kier alpha value is -0.160. The average Bonchev–Trinajstić information content (AvgIpc) is 2.57. The second-order valence-electron chi connectivity index (χ2n) is 2.36. The standard InChI is InChI=1S/C5H8O4/c6-2-1-8-5(7)4-3(2)9-4/h2-7H,1H2/t2-,3-,4-,5+/m1/s1. The molecule has 2 aliphatic heterocycles. The van der Waals surface area contributed by atoms with Crippen LogP contribution in [0.2, 0.25) is 0 Å². The molecular formula is C5H8O4. The third-order valence-corrected chi connectivity index (χ3v) is 1.66. The lowest BCUT2D eigenvalue weighted by atomic mass is 10.1. The molecule has 2 rings (SSSR count). The lowest BCUT2D eigenvalue weighted by Gasteiger charge is -2.17. The summed E-state index contributed by atoms with van der Waals surface area (Å²) in [4.78, 5) is 0. The predicted molar refractivity (Wildman–Crippen MR) is 26.6 cm³/mol. The van der Waals surface area contributed by atoms with Crippen molar-refractivity contribution in [2.45, 2.75) is 24.6 Å². The van der Waals surface area contributed by atoms with Crippen molar-refractivity contribution in [1.29, 1.82) is 0 Å². The topological polar surface area (TPSA) is 62.2 Å². The Labute approximate surface area is 52.0 Å². The van der Waals surface area contributed by atoms with Gasteiger partial charge in [0.2, 0.25) is 0 Å². The molecule has 0 aromatic rings. The Morgan fingerprint density at radius 1 is 1.22 bits per heavy atom. The van der Waals surface area contributed by atoms with E-state index < -0.39 is 12.4 Å². The maximum Gasteiger partial charge on any atom is 0.183 e. The molecule has 2 N–H and O–H groups in total. The number of ether oxygens (including phenoxy) is 2. The molecule has 0 saturated carbocycles. The molecule has 4 heteroatoms. The highest BCUT2D eigenvalue weighted by Gasteiger charge is 2.53. The summed E-state index contributed by atoms with van der Waals surface area (Å²) in [5.41, 5.74) is 0. The van der Waals surface area contributed by atoms with E-state index in [-0.39, 0.29) is 18.8 Å². The smallest absolute Gasteiger partial charge is 0.183 e. The molecule has 0 radical (unpaired) electrons. The van der Waals surface area contributed by atoms with Gasteiger partial charge >= 0.3 is 0 Å². The van der Waals surface area contributed by atoms with Gasteiger partial charge in [-0.05, 0) is 0 Å². The molecule has 0 unspecified atom stereocenters. The van der Waals surface area contributed by atoms with E-state index in [2.05, 4.69) is 0 Å². The van der Waals surface area contributed by atoms with Crippen LogP contribution in [-0.4, -0.2) is 41.4 Å². The van der Waals surface area contributed by atoms with Gasteiger partial charge in [0.05, 0.1) is 6.61 Å². The summed E-state index contributed by atoms with van der Waals surface area (Å²) in [6.45, 7) is 0.183. The molecule has 9 heavy (non-hydrogen) atoms. The van der Waals surface area contributed by atoms with E-state index in [1.807, 2.05) is 0 Å². The van der Waals surface area contributed by atoms with E-state index in [1.54, 1.807) is 0 Å². The van der Waals surface area contributed by atoms with Gasteiger partial charge in [0.1, 0.15) is 18.3 Å². The van der Waals surface area contributed by atoms with Crippen molar-refractivity contribution in [2.24, 2.45) is 0 Å². The summed E-state index contributed by atoms with van der Waals surface area (Å²) >= 11 is 0. The molecule has 52 valence electrons. The van der Waals surface area contributed by atoms with Gasteiger partial charge in [-0.2, -0.15) is 0 Å². The summed E-state index contributed by atoms with van der Waals surface area (Å²) in [6, 6.07) is 0. The molecule has 0 aromatic carbocycles. The van der Waals surface area contributed by atoms with Crippen molar-refractivity contribution in [3.8, 4) is 0 Å². The van der Waals surface area contributed by atoms with Gasteiger partial charge in [0, 0.05) is 0 Å². The minimum atomic E-state index is -0.821. The van der Waals surface area contributed by atoms with E-state index in [0.29, 0.717) is 0 Å². The summed E-state index contributed by atoms with van der Waals surface area (Å²) < 4.78 is 9.60. The fourth-order valence-electron chi connectivity index (χ4n) is 1.06. The van der Waals surface area contributed by atoms with Crippen LogP contribution in [0.5, 0.6) is 0 Å². The number of epoxide rings is 1. The first kappa shape index (κ1) is 5.61. The number of hydrogen-bond acceptors (Lipinski definition) is 4. The van der Waals surface area contributed by atoms with Crippen molar-refractivity contribution in [1.82, 2.24) is 0 Å². The van der Waals surface area contributed by atoms with E-state index in [9.17, 15) is 0 Å². The predicted octanol–water partition coefficient (Wildman–Crippen LogP) is -1.54. The van der Waals surface area contributed by atoms with Gasteiger partial charge in [-0.25, -0.2) is 0 Å². The zero-order chi connectivity index (χ0) is 6.43. The van der Waals surface area contributed by atoms with Crippen LogP contribution in [0.15, 0.2) is 0 Å². The summed E-state index contributed by atoms with van der Waals surface area (Å²) in [5.74, 6) is 0. The summed E-state index contributed by atoms with van der Waals surface area (Å²) in [7, 11) is 0. The van der Waals surface area contributed by atoms with Crippen LogP contribution in [-0.2, 0) is 9.47 Å². The normalized spacial score (nSPS) is 56.7. The third kappa shape index (κ3) is 0.753. The zero-order valence-corrected chi connectivity index (χ0v) is 4.73. The molecule has 2 heterocycles. The highest BCUT2D eigenvalue weighted by molar-refractivity contribution is 4.95. The molecule has 4 nitrogen and oxygen atoms in total. The van der Waals surface area contributed by atoms with Gasteiger partial charge in [-0.3, -0.25) is 0 Å². The largest absolute Gasteiger partial charge is 0.388 e. The van der Waals surface area contributed by atoms with Gasteiger partial charge in [0.15, 0.2) is 6.29 Å². The fraction of sp³-hybridized carbons (Fsp3) is 1.00. The third-order valence-electron chi connectivity index (χ3n) is 1.66. The van der Waals surface area contributed by atoms with Crippen molar-refractivity contribution in [2.75, 3.05) is 6.61 Å². The van der Waals surface area contributed by atoms with E-state index in [0.717, 1.165) is 0 Å². The highest BCUT2D eigenvalue weighted by atomic mass is 16.7. The quantitative estimate of drug-likeness (QED) is 0.392. The molecule has 0 spiro atoms. The van der Waals surface area contributed by atoms with Crippen LogP contribution in [0.1, 0.15) is 0 Å². The lowest BCUT2D eigenvalue weighted by molar-refractivity contribution is -0.142. The molecule has 2 saturated heterocycles. The Bertz CT molecular complexity index is 112. The van der Waals surface area contributed by atoms with Crippen LogP contribution in [0.3, 0.4) is 0 Å². The summed E-state index contributed by atoms with van der Waals surface area (Å²) in [6.07, 6.45) is -1.81. The average molecular weight is 132 g/mol. The molecule has 0 aliphatic carbocycles. The van der Waals surface area contributed by atoms with E-state index >= 15 is 0 Å². The van der Waals surface area contributed by atoms with Crippen molar-refractivity contribution >= 4 is 0 Å². The van der Waals surface area contributed by atoms with Crippen LogP contribution in [0.25, 0.3) is 0 Å². The van der Waals surface area contributed by atoms with E-state index in [1.165, 1.54) is 0 Å². The Morgan fingerprint density at radius 3 is 2.67 bits per heavy atom. The Kier molecular flexibility index (Phi) is 1.04. The number of hydrogen-bond donors (Lipinski definition) is 2. The first-order chi connectivity index (χ1) is 4.29. The minimum absolute atomic E-state index is 0.172. The molecule has 0 bridgehead atoms. The SMILES string of the molecule is O[C@@H]1CO[C@H](O)[C@@H]2O[C@@H]21. The Balaban J connectivity index is 2.01. The van der Waals surface area contributed by atoms with Crippen molar-refractivity contribution in [3.63, 3.8) is 0 Å². The van der Waals surface area contributed by atoms with E-state index in [4.69, 9.17) is 19.7 Å². The second kappa shape index (κ2) is 1.67. The maximum atomic E-state index is 8.98.